The van der Waals surface area contributed by atoms with Gasteiger partial charge in [0.25, 0.3) is 0 Å². The lowest BCUT2D eigenvalue weighted by Crippen LogP contribution is -2.12. The first-order valence-electron chi connectivity index (χ1n) is 5.36. The molecule has 15 heavy (non-hydrogen) atoms. The van der Waals surface area contributed by atoms with Gasteiger partial charge in [0.15, 0.2) is 0 Å². The van der Waals surface area contributed by atoms with Crippen LogP contribution < -0.4 is 5.32 Å². The van der Waals surface area contributed by atoms with Crippen molar-refractivity contribution in [3.8, 4) is 0 Å². The molecular weight excluding hydrogens is 273 g/mol. The van der Waals surface area contributed by atoms with Gasteiger partial charge >= 0.3 is 0 Å². The Bertz CT molecular complexity index is 310. The summed E-state index contributed by atoms with van der Waals surface area (Å²) in [5.74, 6) is 0.743. The Kier molecular flexibility index (Phi) is 5.48. The first kappa shape index (κ1) is 12.9. The molecule has 1 aromatic rings. The molecule has 0 bridgehead atoms. The zero-order valence-electron chi connectivity index (χ0n) is 9.19. The lowest BCUT2D eigenvalue weighted by molar-refractivity contribution is 0.519. The summed E-state index contributed by atoms with van der Waals surface area (Å²) < 4.78 is 1.03. The van der Waals surface area contributed by atoms with Crippen molar-refractivity contribution in [1.82, 2.24) is 0 Å². The molecule has 0 saturated heterocycles. The van der Waals surface area contributed by atoms with E-state index in [2.05, 4.69) is 35.1 Å². The second-order valence-corrected chi connectivity index (χ2v) is 4.98. The quantitative estimate of drug-likeness (QED) is 0.809. The summed E-state index contributed by atoms with van der Waals surface area (Å²) in [6.07, 6.45) is 2.43. The zero-order valence-corrected chi connectivity index (χ0v) is 11.5. The third kappa shape index (κ3) is 4.04. The maximum atomic E-state index is 5.88. The highest BCUT2D eigenvalue weighted by Crippen LogP contribution is 2.26. The average Bonchev–Trinajstić information content (AvgIpc) is 2.22. The lowest BCUT2D eigenvalue weighted by atomic mass is 10.0. The first-order valence-corrected chi connectivity index (χ1v) is 6.53. The summed E-state index contributed by atoms with van der Waals surface area (Å²) >= 11 is 9.37. The number of nitrogens with one attached hydrogen (secondary N) is 1. The van der Waals surface area contributed by atoms with Crippen LogP contribution in [0.1, 0.15) is 26.7 Å². The van der Waals surface area contributed by atoms with Gasteiger partial charge < -0.3 is 5.32 Å². The Morgan fingerprint density at radius 1 is 1.33 bits per heavy atom. The molecule has 0 fully saturated rings. The molecule has 0 aromatic heterocycles. The molecule has 0 heterocycles. The van der Waals surface area contributed by atoms with Gasteiger partial charge in [0.1, 0.15) is 0 Å². The van der Waals surface area contributed by atoms with Gasteiger partial charge in [-0.1, -0.05) is 38.3 Å². The molecule has 0 radical (unpaired) electrons. The normalized spacial score (nSPS) is 10.7. The van der Waals surface area contributed by atoms with Crippen molar-refractivity contribution in [2.45, 2.75) is 26.7 Å². The van der Waals surface area contributed by atoms with Crippen molar-refractivity contribution in [2.75, 3.05) is 11.9 Å². The molecule has 0 amide bonds. The fraction of sp³-hybridized carbons (Fsp3) is 0.500. The molecule has 0 aliphatic rings. The third-order valence-corrected chi connectivity index (χ3v) is 3.56. The van der Waals surface area contributed by atoms with Crippen LogP contribution in [0.4, 0.5) is 5.69 Å². The van der Waals surface area contributed by atoms with Crippen molar-refractivity contribution in [3.63, 3.8) is 0 Å². The maximum Gasteiger partial charge on any atom is 0.0485 e. The minimum atomic E-state index is 0.743. The van der Waals surface area contributed by atoms with Crippen LogP contribution in [0.25, 0.3) is 0 Å². The van der Waals surface area contributed by atoms with E-state index in [1.54, 1.807) is 0 Å². The number of halogens is 2. The third-order valence-electron chi connectivity index (χ3n) is 2.67. The van der Waals surface area contributed by atoms with Gasteiger partial charge in [0.2, 0.25) is 0 Å². The van der Waals surface area contributed by atoms with Crippen molar-refractivity contribution < 1.29 is 0 Å². The second-order valence-electron chi connectivity index (χ2n) is 3.69. The molecule has 1 rings (SSSR count). The van der Waals surface area contributed by atoms with E-state index in [9.17, 15) is 0 Å². The predicted octanol–water partition coefficient (Wildman–Crippen LogP) is 4.95. The van der Waals surface area contributed by atoms with Gasteiger partial charge in [-0.3, -0.25) is 0 Å². The number of rotatable bonds is 5. The van der Waals surface area contributed by atoms with Crippen molar-refractivity contribution in [2.24, 2.45) is 5.92 Å². The number of hydrogen-bond donors (Lipinski definition) is 1. The molecule has 1 nitrogen and oxygen atoms in total. The van der Waals surface area contributed by atoms with Crippen LogP contribution >= 0.6 is 27.5 Å². The van der Waals surface area contributed by atoms with Crippen LogP contribution in [0, 0.1) is 5.92 Å². The minimum Gasteiger partial charge on any atom is -0.384 e. The van der Waals surface area contributed by atoms with E-state index in [0.29, 0.717) is 0 Å². The summed E-state index contributed by atoms with van der Waals surface area (Å²) in [7, 11) is 0. The monoisotopic (exact) mass is 289 g/mol. The van der Waals surface area contributed by atoms with Crippen LogP contribution in [0.2, 0.25) is 5.02 Å². The van der Waals surface area contributed by atoms with Crippen LogP contribution in [-0.4, -0.2) is 6.54 Å². The van der Waals surface area contributed by atoms with Gasteiger partial charge in [-0.2, -0.15) is 0 Å². The highest BCUT2D eigenvalue weighted by atomic mass is 79.9. The highest BCUT2D eigenvalue weighted by molar-refractivity contribution is 9.10. The van der Waals surface area contributed by atoms with Gasteiger partial charge in [0.05, 0.1) is 0 Å². The largest absolute Gasteiger partial charge is 0.384 e. The smallest absolute Gasteiger partial charge is 0.0485 e. The number of anilines is 1. The summed E-state index contributed by atoms with van der Waals surface area (Å²) in [4.78, 5) is 0. The Balaban J connectivity index is 2.57. The second kappa shape index (κ2) is 6.39. The van der Waals surface area contributed by atoms with Gasteiger partial charge in [0, 0.05) is 21.7 Å². The fourth-order valence-corrected chi connectivity index (χ4v) is 2.29. The molecule has 0 aliphatic carbocycles. The van der Waals surface area contributed by atoms with E-state index in [1.807, 2.05) is 18.2 Å². The summed E-state index contributed by atoms with van der Waals surface area (Å²) in [6, 6.07) is 5.83. The molecular formula is C12H17BrClN. The van der Waals surface area contributed by atoms with E-state index < -0.39 is 0 Å². The molecule has 84 valence electrons. The van der Waals surface area contributed by atoms with Crippen LogP contribution in [0.5, 0.6) is 0 Å². The van der Waals surface area contributed by atoms with Gasteiger partial charge in [-0.15, -0.1) is 0 Å². The van der Waals surface area contributed by atoms with Crippen molar-refractivity contribution in [3.05, 3.63) is 27.7 Å². The molecule has 0 aliphatic heterocycles. The van der Waals surface area contributed by atoms with Gasteiger partial charge in [-0.05, 0) is 40.0 Å². The number of hydrogen-bond acceptors (Lipinski definition) is 1. The van der Waals surface area contributed by atoms with E-state index in [1.165, 1.54) is 12.8 Å². The summed E-state index contributed by atoms with van der Waals surface area (Å²) in [5.41, 5.74) is 1.12. The van der Waals surface area contributed by atoms with Crippen LogP contribution in [-0.2, 0) is 0 Å². The standard InChI is InChI=1S/C12H17BrClN/c1-3-9(4-2)8-15-12-6-5-10(14)7-11(12)13/h5-7,9,15H,3-4,8H2,1-2H3. The molecule has 0 saturated carbocycles. The molecule has 0 atom stereocenters. The number of benzene rings is 1. The maximum absolute atomic E-state index is 5.88. The lowest BCUT2D eigenvalue weighted by Gasteiger charge is -2.15. The predicted molar refractivity (Wildman–Crippen MR) is 71.7 cm³/mol. The molecule has 3 heteroatoms. The molecule has 0 unspecified atom stereocenters. The van der Waals surface area contributed by atoms with E-state index in [4.69, 9.17) is 11.6 Å². The van der Waals surface area contributed by atoms with Crippen LogP contribution in [0.3, 0.4) is 0 Å². The Labute approximate surface area is 105 Å². The molecule has 1 N–H and O–H groups in total. The SMILES string of the molecule is CCC(CC)CNc1ccc(Cl)cc1Br. The van der Waals surface area contributed by atoms with Crippen molar-refractivity contribution >= 4 is 33.2 Å². The van der Waals surface area contributed by atoms with E-state index in [-0.39, 0.29) is 0 Å². The van der Waals surface area contributed by atoms with E-state index in [0.717, 1.165) is 27.6 Å². The van der Waals surface area contributed by atoms with E-state index >= 15 is 0 Å². The Morgan fingerprint density at radius 3 is 2.53 bits per heavy atom. The first-order chi connectivity index (χ1) is 7.17. The zero-order chi connectivity index (χ0) is 11.3. The molecule has 1 aromatic carbocycles. The summed E-state index contributed by atoms with van der Waals surface area (Å²) in [5, 5.41) is 4.20. The summed E-state index contributed by atoms with van der Waals surface area (Å²) in [6.45, 7) is 5.48. The van der Waals surface area contributed by atoms with Crippen LogP contribution in [0.15, 0.2) is 22.7 Å². The Hall–Kier alpha value is -0.210. The topological polar surface area (TPSA) is 12.0 Å². The minimum absolute atomic E-state index is 0.743. The Morgan fingerprint density at radius 2 is 2.00 bits per heavy atom. The fourth-order valence-electron chi connectivity index (χ4n) is 1.46. The van der Waals surface area contributed by atoms with Gasteiger partial charge in [-0.25, -0.2) is 0 Å². The van der Waals surface area contributed by atoms with Crippen molar-refractivity contribution in [1.29, 1.82) is 0 Å². The molecule has 0 spiro atoms. The average molecular weight is 291 g/mol. The highest BCUT2D eigenvalue weighted by Gasteiger charge is 2.05.